The number of rotatable bonds is 13. The fraction of sp³-hybridized carbons (Fsp3) is 0.571. The first-order valence-corrected chi connectivity index (χ1v) is 15.4. The maximum absolute atomic E-state index is 13.1. The normalized spacial score (nSPS) is 28.1. The molecular formula is C35H51N2O3+. The highest BCUT2D eigenvalue weighted by molar-refractivity contribution is 5.76. The number of likely N-dealkylation sites (tertiary alicyclic amines) is 1. The van der Waals surface area contributed by atoms with Crippen molar-refractivity contribution < 1.29 is 19.1 Å². The second kappa shape index (κ2) is 13.4. The summed E-state index contributed by atoms with van der Waals surface area (Å²) in [6.07, 6.45) is 10.4. The third kappa shape index (κ3) is 6.80. The van der Waals surface area contributed by atoms with Crippen molar-refractivity contribution in [2.24, 2.45) is 5.92 Å². The van der Waals surface area contributed by atoms with Gasteiger partial charge in [0, 0.05) is 37.3 Å². The molecule has 4 atom stereocenters. The SMILES string of the molecule is C=CC[N@@+]1(CC(C)C)CC[C@]2(c3cccc(O)c3)C[C@H](NC(=O)CCCCCc3ccccc3)CCC2(OC)C1. The number of aromatic hydroxyl groups is 1. The van der Waals surface area contributed by atoms with Crippen molar-refractivity contribution in [3.05, 3.63) is 78.4 Å². The summed E-state index contributed by atoms with van der Waals surface area (Å²) in [4.78, 5) is 13.1. The van der Waals surface area contributed by atoms with Crippen LogP contribution in [0.15, 0.2) is 67.3 Å². The lowest BCUT2D eigenvalue weighted by Gasteiger charge is -2.62. The first-order chi connectivity index (χ1) is 19.3. The molecule has 1 aliphatic heterocycles. The van der Waals surface area contributed by atoms with Crippen molar-refractivity contribution in [3.8, 4) is 5.75 Å². The molecule has 2 aliphatic rings. The van der Waals surface area contributed by atoms with Gasteiger partial charge in [-0.15, -0.1) is 0 Å². The zero-order chi connectivity index (χ0) is 28.6. The molecule has 0 bridgehead atoms. The minimum absolute atomic E-state index is 0.104. The van der Waals surface area contributed by atoms with E-state index in [0.29, 0.717) is 12.3 Å². The number of nitrogens with one attached hydrogen (secondary N) is 1. The molecule has 5 nitrogen and oxygen atoms in total. The topological polar surface area (TPSA) is 58.6 Å². The number of ether oxygens (including phenoxy) is 1. The fourth-order valence-corrected chi connectivity index (χ4v) is 7.95. The molecule has 1 amide bonds. The van der Waals surface area contributed by atoms with Crippen LogP contribution in [0.4, 0.5) is 0 Å². The Morgan fingerprint density at radius 2 is 1.95 bits per heavy atom. The molecule has 2 aromatic rings. The molecule has 218 valence electrons. The number of benzene rings is 2. The summed E-state index contributed by atoms with van der Waals surface area (Å²) < 4.78 is 7.58. The highest BCUT2D eigenvalue weighted by Crippen LogP contribution is 2.55. The maximum atomic E-state index is 13.1. The molecule has 0 aromatic heterocycles. The third-order valence-electron chi connectivity index (χ3n) is 9.60. The first kappa shape index (κ1) is 30.3. The Balaban J connectivity index is 1.47. The number of hydrogen-bond donors (Lipinski definition) is 2. The van der Waals surface area contributed by atoms with Gasteiger partial charge in [0.1, 0.15) is 17.9 Å². The van der Waals surface area contributed by atoms with Crippen LogP contribution in [0.2, 0.25) is 0 Å². The quantitative estimate of drug-likeness (QED) is 0.170. The van der Waals surface area contributed by atoms with Crippen LogP contribution >= 0.6 is 0 Å². The van der Waals surface area contributed by atoms with E-state index >= 15 is 0 Å². The zero-order valence-corrected chi connectivity index (χ0v) is 25.0. The lowest BCUT2D eigenvalue weighted by Crippen LogP contribution is -2.73. The predicted octanol–water partition coefficient (Wildman–Crippen LogP) is 6.55. The number of hydrogen-bond acceptors (Lipinski definition) is 3. The van der Waals surface area contributed by atoms with Crippen molar-refractivity contribution in [1.29, 1.82) is 0 Å². The molecule has 4 rings (SSSR count). The molecule has 5 heteroatoms. The summed E-state index contributed by atoms with van der Waals surface area (Å²) >= 11 is 0. The highest BCUT2D eigenvalue weighted by atomic mass is 16.5. The Hall–Kier alpha value is -2.63. The average Bonchev–Trinajstić information content (AvgIpc) is 2.93. The molecule has 1 heterocycles. The largest absolute Gasteiger partial charge is 0.508 e. The van der Waals surface area contributed by atoms with Crippen LogP contribution in [-0.4, -0.2) is 60.4 Å². The number of carbonyl (C=O) groups is 1. The summed E-state index contributed by atoms with van der Waals surface area (Å²) in [6, 6.07) is 18.5. The number of fused-ring (bicyclic) bond motifs is 1. The Morgan fingerprint density at radius 3 is 2.65 bits per heavy atom. The van der Waals surface area contributed by atoms with Crippen molar-refractivity contribution in [3.63, 3.8) is 0 Å². The van der Waals surface area contributed by atoms with Crippen LogP contribution in [0.3, 0.4) is 0 Å². The maximum Gasteiger partial charge on any atom is 0.220 e. The smallest absolute Gasteiger partial charge is 0.220 e. The van der Waals surface area contributed by atoms with Crippen LogP contribution in [0.25, 0.3) is 0 Å². The van der Waals surface area contributed by atoms with E-state index in [0.717, 1.165) is 87.6 Å². The minimum atomic E-state index is -0.365. The molecule has 1 aliphatic carbocycles. The molecule has 2 aromatic carbocycles. The van der Waals surface area contributed by atoms with Gasteiger partial charge in [0.15, 0.2) is 0 Å². The van der Waals surface area contributed by atoms with E-state index < -0.39 is 0 Å². The van der Waals surface area contributed by atoms with Gasteiger partial charge in [0.25, 0.3) is 0 Å². The van der Waals surface area contributed by atoms with E-state index in [2.05, 4.69) is 68.2 Å². The number of phenols is 1. The summed E-state index contributed by atoms with van der Waals surface area (Å²) in [5.74, 6) is 1.02. The highest BCUT2D eigenvalue weighted by Gasteiger charge is 2.63. The van der Waals surface area contributed by atoms with Crippen LogP contribution in [0.5, 0.6) is 5.75 Å². The number of nitrogens with zero attached hydrogens (tertiary/aromatic N) is 1. The Labute approximate surface area is 242 Å². The molecule has 40 heavy (non-hydrogen) atoms. The van der Waals surface area contributed by atoms with Gasteiger partial charge in [0.05, 0.1) is 19.6 Å². The van der Waals surface area contributed by atoms with Crippen molar-refractivity contribution in [2.75, 3.05) is 33.3 Å². The lowest BCUT2D eigenvalue weighted by atomic mass is 9.54. The van der Waals surface area contributed by atoms with Gasteiger partial charge < -0.3 is 19.6 Å². The van der Waals surface area contributed by atoms with Gasteiger partial charge in [-0.25, -0.2) is 0 Å². The van der Waals surface area contributed by atoms with E-state index in [1.807, 2.05) is 19.2 Å². The van der Waals surface area contributed by atoms with Gasteiger partial charge in [-0.05, 0) is 67.9 Å². The number of amides is 1. The predicted molar refractivity (Wildman–Crippen MR) is 163 cm³/mol. The molecule has 1 saturated heterocycles. The lowest BCUT2D eigenvalue weighted by molar-refractivity contribution is -0.938. The second-order valence-electron chi connectivity index (χ2n) is 12.9. The fourth-order valence-electron chi connectivity index (χ4n) is 7.95. The van der Waals surface area contributed by atoms with Crippen LogP contribution in [0, 0.1) is 5.92 Å². The van der Waals surface area contributed by atoms with E-state index in [4.69, 9.17) is 4.74 Å². The first-order valence-electron chi connectivity index (χ1n) is 15.4. The second-order valence-corrected chi connectivity index (χ2v) is 12.9. The van der Waals surface area contributed by atoms with Gasteiger partial charge in [-0.3, -0.25) is 4.79 Å². The summed E-state index contributed by atoms with van der Waals surface area (Å²) in [7, 11) is 1.87. The average molecular weight is 548 g/mol. The van der Waals surface area contributed by atoms with Gasteiger partial charge in [-0.1, -0.05) is 69.3 Å². The van der Waals surface area contributed by atoms with Crippen LogP contribution in [0.1, 0.15) is 76.3 Å². The monoisotopic (exact) mass is 547 g/mol. The standard InChI is InChI=1S/C35H50N2O3/c1-5-22-37(26-28(2)3)23-21-34(30-16-12-17-32(38)24-30)25-31(19-20-35(34,27-37)40-4)36-33(39)18-11-7-10-15-29-13-8-6-9-14-29/h5-6,8-9,12-14,16-17,24,28,31H,1,7,10-11,15,18-23,25-27H2,2-4H3,(H-,36,38,39)/p+1/t31-,34-,35?,37+/m1/s1. The molecule has 0 spiro atoms. The molecule has 2 N–H and O–H groups in total. The Bertz CT molecular complexity index is 1120. The van der Waals surface area contributed by atoms with E-state index in [1.54, 1.807) is 6.07 Å². The van der Waals surface area contributed by atoms with Crippen molar-refractivity contribution in [1.82, 2.24) is 5.32 Å². The van der Waals surface area contributed by atoms with Gasteiger partial charge in [0.2, 0.25) is 5.91 Å². The number of quaternary nitrogens is 1. The molecular weight excluding hydrogens is 496 g/mol. The van der Waals surface area contributed by atoms with E-state index in [-0.39, 0.29) is 28.7 Å². The van der Waals surface area contributed by atoms with Crippen molar-refractivity contribution >= 4 is 5.91 Å². The zero-order valence-electron chi connectivity index (χ0n) is 25.0. The molecule has 2 fully saturated rings. The third-order valence-corrected chi connectivity index (χ3v) is 9.60. The minimum Gasteiger partial charge on any atom is -0.508 e. The van der Waals surface area contributed by atoms with Gasteiger partial charge in [-0.2, -0.15) is 0 Å². The Kier molecular flexibility index (Phi) is 10.1. The molecule has 1 saturated carbocycles. The van der Waals surface area contributed by atoms with E-state index in [1.165, 1.54) is 5.56 Å². The van der Waals surface area contributed by atoms with Crippen LogP contribution < -0.4 is 5.32 Å². The number of phenolic OH excluding ortho intramolecular Hbond substituents is 1. The summed E-state index contributed by atoms with van der Waals surface area (Å²) in [5, 5.41) is 13.9. The summed E-state index contributed by atoms with van der Waals surface area (Å²) in [6.45, 7) is 12.7. The van der Waals surface area contributed by atoms with Crippen LogP contribution in [-0.2, 0) is 21.4 Å². The number of piperidine rings is 1. The molecule has 0 radical (unpaired) electrons. The number of unbranched alkanes of at least 4 members (excludes halogenated alkanes) is 2. The molecule has 1 unspecified atom stereocenters. The number of carbonyl (C=O) groups excluding carboxylic acids is 1. The number of methoxy groups -OCH3 is 1. The van der Waals surface area contributed by atoms with E-state index in [9.17, 15) is 9.90 Å². The number of aryl methyl sites for hydroxylation is 1. The Morgan fingerprint density at radius 1 is 1.15 bits per heavy atom. The van der Waals surface area contributed by atoms with Crippen molar-refractivity contribution in [2.45, 2.75) is 88.7 Å². The van der Waals surface area contributed by atoms with Gasteiger partial charge >= 0.3 is 0 Å². The summed E-state index contributed by atoms with van der Waals surface area (Å²) in [5.41, 5.74) is 1.86.